The normalized spacial score (nSPS) is 16.2. The van der Waals surface area contributed by atoms with E-state index in [9.17, 15) is 14.4 Å². The summed E-state index contributed by atoms with van der Waals surface area (Å²) in [4.78, 5) is 42.3. The zero-order valence-electron chi connectivity index (χ0n) is 16.7. The standard InChI is InChI=1S/C22H20N2O5S/c1-4-29-21(27)16-9-11-17(12-10-16)23-22-24(2)19(25)18(30-22)13-14-5-7-15(8-6-14)20(26)28-3/h5-13H,4H2,1-3H3/b18-13+,23-22?. The van der Waals surface area contributed by atoms with Crippen LogP contribution in [0.25, 0.3) is 6.08 Å². The van der Waals surface area contributed by atoms with Gasteiger partial charge in [0.05, 0.1) is 35.4 Å². The lowest BCUT2D eigenvalue weighted by molar-refractivity contribution is -0.121. The second-order valence-corrected chi connectivity index (χ2v) is 7.26. The number of esters is 2. The molecule has 1 amide bonds. The first-order chi connectivity index (χ1) is 14.4. The molecule has 1 fully saturated rings. The van der Waals surface area contributed by atoms with Crippen LogP contribution >= 0.6 is 11.8 Å². The van der Waals surface area contributed by atoms with E-state index < -0.39 is 5.97 Å². The van der Waals surface area contributed by atoms with Gasteiger partial charge in [-0.1, -0.05) is 12.1 Å². The van der Waals surface area contributed by atoms with Gasteiger partial charge < -0.3 is 9.47 Å². The van der Waals surface area contributed by atoms with Crippen molar-refractivity contribution < 1.29 is 23.9 Å². The van der Waals surface area contributed by atoms with Crippen LogP contribution in [0.2, 0.25) is 0 Å². The van der Waals surface area contributed by atoms with Gasteiger partial charge in [-0.2, -0.15) is 0 Å². The summed E-state index contributed by atoms with van der Waals surface area (Å²) in [6.07, 6.45) is 1.75. The zero-order valence-corrected chi connectivity index (χ0v) is 17.6. The van der Waals surface area contributed by atoms with E-state index in [0.717, 1.165) is 5.56 Å². The van der Waals surface area contributed by atoms with Crippen LogP contribution in [0, 0.1) is 0 Å². The highest BCUT2D eigenvalue weighted by molar-refractivity contribution is 8.18. The Bertz CT molecular complexity index is 1030. The molecule has 30 heavy (non-hydrogen) atoms. The Morgan fingerprint density at radius 3 is 2.23 bits per heavy atom. The van der Waals surface area contributed by atoms with Crippen LogP contribution in [0.1, 0.15) is 33.2 Å². The minimum atomic E-state index is -0.413. The number of amides is 1. The molecule has 0 N–H and O–H groups in total. The second-order valence-electron chi connectivity index (χ2n) is 6.25. The van der Waals surface area contributed by atoms with Crippen LogP contribution in [0.4, 0.5) is 5.69 Å². The maximum Gasteiger partial charge on any atom is 0.338 e. The molecule has 0 aliphatic carbocycles. The third-order valence-corrected chi connectivity index (χ3v) is 5.30. The first-order valence-electron chi connectivity index (χ1n) is 9.14. The number of hydrogen-bond acceptors (Lipinski definition) is 7. The smallest absolute Gasteiger partial charge is 0.338 e. The molecule has 2 aromatic carbocycles. The minimum Gasteiger partial charge on any atom is -0.465 e. The molecule has 0 radical (unpaired) electrons. The summed E-state index contributed by atoms with van der Waals surface area (Å²) in [5.74, 6) is -0.967. The van der Waals surface area contributed by atoms with Crippen LogP contribution in [-0.2, 0) is 14.3 Å². The molecule has 0 unspecified atom stereocenters. The van der Waals surface area contributed by atoms with Crippen molar-refractivity contribution in [1.82, 2.24) is 4.90 Å². The van der Waals surface area contributed by atoms with Gasteiger partial charge in [0.15, 0.2) is 5.17 Å². The number of nitrogens with zero attached hydrogens (tertiary/aromatic N) is 2. The van der Waals surface area contributed by atoms with Crippen molar-refractivity contribution in [2.75, 3.05) is 20.8 Å². The van der Waals surface area contributed by atoms with Gasteiger partial charge in [0, 0.05) is 7.05 Å². The van der Waals surface area contributed by atoms with Gasteiger partial charge in [-0.05, 0) is 66.7 Å². The number of likely N-dealkylation sites (N-methyl/N-ethyl adjacent to an activating group) is 1. The number of methoxy groups -OCH3 is 1. The highest BCUT2D eigenvalue weighted by Crippen LogP contribution is 2.33. The molecule has 1 aliphatic heterocycles. The van der Waals surface area contributed by atoms with E-state index in [4.69, 9.17) is 4.74 Å². The molecular weight excluding hydrogens is 404 g/mol. The number of benzene rings is 2. The molecule has 0 bridgehead atoms. The largest absolute Gasteiger partial charge is 0.465 e. The summed E-state index contributed by atoms with van der Waals surface area (Å²) in [5.41, 5.74) is 2.29. The quantitative estimate of drug-likeness (QED) is 0.535. The fraction of sp³-hybridized carbons (Fsp3) is 0.182. The molecule has 154 valence electrons. The number of rotatable bonds is 5. The van der Waals surface area contributed by atoms with Crippen molar-refractivity contribution in [2.45, 2.75) is 6.92 Å². The van der Waals surface area contributed by atoms with E-state index >= 15 is 0 Å². The van der Waals surface area contributed by atoms with E-state index in [-0.39, 0.29) is 11.9 Å². The average Bonchev–Trinajstić information content (AvgIpc) is 3.02. The van der Waals surface area contributed by atoms with Gasteiger partial charge in [-0.15, -0.1) is 0 Å². The van der Waals surface area contributed by atoms with E-state index in [2.05, 4.69) is 9.73 Å². The number of hydrogen-bond donors (Lipinski definition) is 0. The van der Waals surface area contributed by atoms with Crippen LogP contribution in [0.5, 0.6) is 0 Å². The molecular formula is C22H20N2O5S. The molecule has 8 heteroatoms. The van der Waals surface area contributed by atoms with E-state index in [1.165, 1.54) is 23.8 Å². The Labute approximate surface area is 178 Å². The third kappa shape index (κ3) is 4.77. The highest BCUT2D eigenvalue weighted by Gasteiger charge is 2.30. The first-order valence-corrected chi connectivity index (χ1v) is 9.96. The monoisotopic (exact) mass is 424 g/mol. The molecule has 1 heterocycles. The van der Waals surface area contributed by atoms with Crippen molar-refractivity contribution in [3.8, 4) is 0 Å². The van der Waals surface area contributed by atoms with Gasteiger partial charge in [0.2, 0.25) is 0 Å². The Hall–Kier alpha value is -3.39. The lowest BCUT2D eigenvalue weighted by atomic mass is 10.1. The van der Waals surface area contributed by atoms with Crippen molar-refractivity contribution in [2.24, 2.45) is 4.99 Å². The number of ether oxygens (including phenoxy) is 2. The van der Waals surface area contributed by atoms with Gasteiger partial charge in [0.25, 0.3) is 5.91 Å². The molecule has 2 aromatic rings. The summed E-state index contributed by atoms with van der Waals surface area (Å²) < 4.78 is 9.65. The maximum absolute atomic E-state index is 12.6. The Morgan fingerprint density at radius 1 is 1.03 bits per heavy atom. The van der Waals surface area contributed by atoms with Crippen molar-refractivity contribution in [3.05, 3.63) is 70.1 Å². The Balaban J connectivity index is 1.77. The number of carbonyl (C=O) groups excluding carboxylic acids is 3. The summed E-state index contributed by atoms with van der Waals surface area (Å²) >= 11 is 1.25. The molecule has 7 nitrogen and oxygen atoms in total. The van der Waals surface area contributed by atoms with Crippen molar-refractivity contribution >= 4 is 46.5 Å². The fourth-order valence-electron chi connectivity index (χ4n) is 2.63. The van der Waals surface area contributed by atoms with Gasteiger partial charge in [-0.25, -0.2) is 14.6 Å². The van der Waals surface area contributed by atoms with Crippen molar-refractivity contribution in [3.63, 3.8) is 0 Å². The predicted molar refractivity (Wildman–Crippen MR) is 116 cm³/mol. The lowest BCUT2D eigenvalue weighted by Crippen LogP contribution is -2.23. The van der Waals surface area contributed by atoms with Gasteiger partial charge in [-0.3, -0.25) is 9.69 Å². The maximum atomic E-state index is 12.6. The van der Waals surface area contributed by atoms with Crippen molar-refractivity contribution in [1.29, 1.82) is 0 Å². The SMILES string of the molecule is CCOC(=O)c1ccc(N=C2S/C(=C/c3ccc(C(=O)OC)cc3)C(=O)N2C)cc1. The van der Waals surface area contributed by atoms with Gasteiger partial charge >= 0.3 is 11.9 Å². The Morgan fingerprint density at radius 2 is 1.63 bits per heavy atom. The Kier molecular flexibility index (Phi) is 6.68. The molecule has 0 saturated carbocycles. The van der Waals surface area contributed by atoms with E-state index in [1.54, 1.807) is 68.6 Å². The second kappa shape index (κ2) is 9.41. The number of carbonyl (C=O) groups is 3. The van der Waals surface area contributed by atoms with Crippen LogP contribution in [0.3, 0.4) is 0 Å². The number of amidine groups is 1. The summed E-state index contributed by atoms with van der Waals surface area (Å²) in [5, 5.41) is 0.529. The third-order valence-electron chi connectivity index (χ3n) is 4.24. The fourth-order valence-corrected chi connectivity index (χ4v) is 3.62. The molecule has 1 saturated heterocycles. The number of thioether (sulfide) groups is 1. The zero-order chi connectivity index (χ0) is 21.7. The van der Waals surface area contributed by atoms with E-state index in [1.807, 2.05) is 0 Å². The molecule has 0 spiro atoms. The van der Waals surface area contributed by atoms with Crippen LogP contribution < -0.4 is 0 Å². The molecule has 3 rings (SSSR count). The number of aliphatic imine (C=N–C) groups is 1. The summed E-state index contributed by atoms with van der Waals surface area (Å²) in [6, 6.07) is 13.5. The van der Waals surface area contributed by atoms with Crippen LogP contribution in [0.15, 0.2) is 58.4 Å². The topological polar surface area (TPSA) is 85.3 Å². The predicted octanol–water partition coefficient (Wildman–Crippen LogP) is 3.88. The average molecular weight is 424 g/mol. The molecule has 1 aliphatic rings. The minimum absolute atomic E-state index is 0.168. The molecule has 0 atom stereocenters. The lowest BCUT2D eigenvalue weighted by Gasteiger charge is -2.07. The van der Waals surface area contributed by atoms with Crippen LogP contribution in [-0.4, -0.2) is 48.7 Å². The summed E-state index contributed by atoms with van der Waals surface area (Å²) in [7, 11) is 2.98. The highest BCUT2D eigenvalue weighted by atomic mass is 32.2. The first kappa shape index (κ1) is 21.3. The molecule has 0 aromatic heterocycles. The summed E-state index contributed by atoms with van der Waals surface area (Å²) in [6.45, 7) is 2.06. The van der Waals surface area contributed by atoms with E-state index in [0.29, 0.717) is 33.5 Å². The van der Waals surface area contributed by atoms with Gasteiger partial charge in [0.1, 0.15) is 0 Å².